The van der Waals surface area contributed by atoms with E-state index in [0.29, 0.717) is 17.2 Å². The molecule has 156 valence electrons. The van der Waals surface area contributed by atoms with Crippen LogP contribution < -0.4 is 19.5 Å². The summed E-state index contributed by atoms with van der Waals surface area (Å²) in [4.78, 5) is 25.2. The fraction of sp³-hybridized carbons (Fsp3) is 0.217. The Hall–Kier alpha value is -3.74. The molecule has 0 unspecified atom stereocenters. The Morgan fingerprint density at radius 2 is 1.43 bits per heavy atom. The van der Waals surface area contributed by atoms with Crippen molar-refractivity contribution in [3.05, 3.63) is 60.2 Å². The predicted octanol–water partition coefficient (Wildman–Crippen LogP) is 4.05. The van der Waals surface area contributed by atoms with Crippen molar-refractivity contribution in [3.8, 4) is 17.2 Å². The summed E-state index contributed by atoms with van der Waals surface area (Å²) in [6.45, 7) is 1.50. The maximum atomic E-state index is 12.7. The number of fused-ring (bicyclic) bond motifs is 1. The molecule has 0 aromatic heterocycles. The van der Waals surface area contributed by atoms with E-state index in [1.165, 1.54) is 40.4 Å². The smallest absolute Gasteiger partial charge is 0.342 e. The third kappa shape index (κ3) is 4.46. The van der Waals surface area contributed by atoms with Crippen LogP contribution in [0.1, 0.15) is 17.3 Å². The second kappa shape index (κ2) is 9.17. The highest BCUT2D eigenvalue weighted by atomic mass is 16.6. The molecule has 1 N–H and O–H groups in total. The third-order valence-corrected chi connectivity index (χ3v) is 4.60. The number of methoxy groups -OCH3 is 3. The Balaban J connectivity index is 1.73. The van der Waals surface area contributed by atoms with Crippen molar-refractivity contribution < 1.29 is 28.5 Å². The quantitative estimate of drug-likeness (QED) is 0.593. The van der Waals surface area contributed by atoms with E-state index in [4.69, 9.17) is 18.9 Å². The van der Waals surface area contributed by atoms with Crippen molar-refractivity contribution in [3.63, 3.8) is 0 Å². The number of amides is 1. The number of hydrogen-bond acceptors (Lipinski definition) is 6. The number of hydrogen-bond donors (Lipinski definition) is 1. The SMILES string of the molecule is COc1cc(OC)c(C(=O)O[C@@H](C)C(=O)Nc2ccc3ccccc3c2)cc1OC. The molecule has 3 aromatic rings. The zero-order valence-electron chi connectivity index (χ0n) is 17.2. The van der Waals surface area contributed by atoms with Crippen LogP contribution in [-0.4, -0.2) is 39.3 Å². The monoisotopic (exact) mass is 409 g/mol. The first-order chi connectivity index (χ1) is 14.5. The summed E-state index contributed by atoms with van der Waals surface area (Å²) in [5.41, 5.74) is 0.741. The molecule has 0 saturated carbocycles. The minimum atomic E-state index is -1.03. The van der Waals surface area contributed by atoms with Gasteiger partial charge < -0.3 is 24.3 Å². The molecule has 0 heterocycles. The molecule has 0 radical (unpaired) electrons. The zero-order valence-corrected chi connectivity index (χ0v) is 17.2. The molecule has 30 heavy (non-hydrogen) atoms. The molecule has 0 fully saturated rings. The number of ether oxygens (including phenoxy) is 4. The molecule has 3 aromatic carbocycles. The number of anilines is 1. The number of nitrogens with one attached hydrogen (secondary N) is 1. The van der Waals surface area contributed by atoms with Gasteiger partial charge in [0, 0.05) is 17.8 Å². The van der Waals surface area contributed by atoms with Gasteiger partial charge in [0.25, 0.3) is 5.91 Å². The summed E-state index contributed by atoms with van der Waals surface area (Å²) in [6, 6.07) is 16.4. The highest BCUT2D eigenvalue weighted by Gasteiger charge is 2.24. The number of carbonyl (C=O) groups is 2. The first-order valence-corrected chi connectivity index (χ1v) is 9.27. The Morgan fingerprint density at radius 1 is 0.800 bits per heavy atom. The van der Waals surface area contributed by atoms with Crippen LogP contribution in [0.4, 0.5) is 5.69 Å². The first kappa shape index (κ1) is 21.0. The number of benzene rings is 3. The second-order valence-electron chi connectivity index (χ2n) is 6.51. The lowest BCUT2D eigenvalue weighted by atomic mass is 10.1. The standard InChI is InChI=1S/C23H23NO6/c1-14(22(25)24-17-10-9-15-7-5-6-8-16(15)11-17)30-23(26)18-12-20(28-3)21(29-4)13-19(18)27-2/h5-14H,1-4H3,(H,24,25)/t14-/m0/s1. The molecule has 1 atom stereocenters. The molecule has 0 aliphatic rings. The van der Waals surface area contributed by atoms with Crippen LogP contribution in [0.5, 0.6) is 17.2 Å². The third-order valence-electron chi connectivity index (χ3n) is 4.60. The van der Waals surface area contributed by atoms with Gasteiger partial charge >= 0.3 is 5.97 Å². The topological polar surface area (TPSA) is 83.1 Å². The van der Waals surface area contributed by atoms with E-state index in [1.54, 1.807) is 6.07 Å². The molecule has 0 aliphatic carbocycles. The average Bonchev–Trinajstić information content (AvgIpc) is 2.77. The Bertz CT molecular complexity index is 1080. The van der Waals surface area contributed by atoms with E-state index in [1.807, 2.05) is 36.4 Å². The Morgan fingerprint density at radius 3 is 2.10 bits per heavy atom. The van der Waals surface area contributed by atoms with Crippen molar-refractivity contribution in [2.75, 3.05) is 26.6 Å². The lowest BCUT2D eigenvalue weighted by Gasteiger charge is -2.16. The molecule has 0 saturated heterocycles. The van der Waals surface area contributed by atoms with Crippen LogP contribution in [0.3, 0.4) is 0 Å². The first-order valence-electron chi connectivity index (χ1n) is 9.27. The number of esters is 1. The minimum Gasteiger partial charge on any atom is -0.496 e. The predicted molar refractivity (Wildman–Crippen MR) is 114 cm³/mol. The van der Waals surface area contributed by atoms with E-state index in [2.05, 4.69) is 5.32 Å². The highest BCUT2D eigenvalue weighted by molar-refractivity contribution is 6.00. The van der Waals surface area contributed by atoms with Crippen LogP contribution in [0.25, 0.3) is 10.8 Å². The van der Waals surface area contributed by atoms with Gasteiger partial charge in [-0.05, 0) is 29.8 Å². The fourth-order valence-electron chi connectivity index (χ4n) is 2.98. The van der Waals surface area contributed by atoms with Gasteiger partial charge in [-0.2, -0.15) is 0 Å². The zero-order chi connectivity index (χ0) is 21.7. The van der Waals surface area contributed by atoms with Crippen LogP contribution in [0, 0.1) is 0 Å². The summed E-state index contributed by atoms with van der Waals surface area (Å²) in [6.07, 6.45) is -1.03. The van der Waals surface area contributed by atoms with Crippen LogP contribution in [0.15, 0.2) is 54.6 Å². The molecule has 0 spiro atoms. The van der Waals surface area contributed by atoms with Gasteiger partial charge in [-0.25, -0.2) is 4.79 Å². The fourth-order valence-corrected chi connectivity index (χ4v) is 2.98. The number of carbonyl (C=O) groups excluding carboxylic acids is 2. The van der Waals surface area contributed by atoms with E-state index in [9.17, 15) is 9.59 Å². The van der Waals surface area contributed by atoms with Gasteiger partial charge in [-0.3, -0.25) is 4.79 Å². The van der Waals surface area contributed by atoms with Crippen LogP contribution in [-0.2, 0) is 9.53 Å². The molecule has 7 nitrogen and oxygen atoms in total. The largest absolute Gasteiger partial charge is 0.496 e. The van der Waals surface area contributed by atoms with Crippen molar-refractivity contribution in [1.29, 1.82) is 0 Å². The van der Waals surface area contributed by atoms with E-state index in [-0.39, 0.29) is 11.3 Å². The van der Waals surface area contributed by atoms with Gasteiger partial charge in [0.1, 0.15) is 11.3 Å². The summed E-state index contributed by atoms with van der Waals surface area (Å²) in [7, 11) is 4.36. The Kier molecular flexibility index (Phi) is 6.41. The molecular formula is C23H23NO6. The minimum absolute atomic E-state index is 0.125. The molecule has 0 aliphatic heterocycles. The molecule has 1 amide bonds. The van der Waals surface area contributed by atoms with Gasteiger partial charge in [0.05, 0.1) is 21.3 Å². The van der Waals surface area contributed by atoms with E-state index >= 15 is 0 Å². The van der Waals surface area contributed by atoms with Gasteiger partial charge in [0.15, 0.2) is 17.6 Å². The van der Waals surface area contributed by atoms with Gasteiger partial charge in [-0.15, -0.1) is 0 Å². The average molecular weight is 409 g/mol. The second-order valence-corrected chi connectivity index (χ2v) is 6.51. The van der Waals surface area contributed by atoms with Gasteiger partial charge in [0.2, 0.25) is 0 Å². The van der Waals surface area contributed by atoms with Crippen LogP contribution >= 0.6 is 0 Å². The normalized spacial score (nSPS) is 11.5. The summed E-state index contributed by atoms with van der Waals surface area (Å²) in [5, 5.41) is 4.83. The summed E-state index contributed by atoms with van der Waals surface area (Å²) >= 11 is 0. The highest BCUT2D eigenvalue weighted by Crippen LogP contribution is 2.35. The van der Waals surface area contributed by atoms with Gasteiger partial charge in [-0.1, -0.05) is 30.3 Å². The van der Waals surface area contributed by atoms with Crippen molar-refractivity contribution in [1.82, 2.24) is 0 Å². The Labute approximate surface area is 174 Å². The lowest BCUT2D eigenvalue weighted by Crippen LogP contribution is -2.30. The molecular weight excluding hydrogens is 386 g/mol. The summed E-state index contributed by atoms with van der Waals surface area (Å²) < 4.78 is 21.0. The molecule has 7 heteroatoms. The van der Waals surface area contributed by atoms with E-state index in [0.717, 1.165) is 10.8 Å². The van der Waals surface area contributed by atoms with E-state index < -0.39 is 18.0 Å². The molecule has 3 rings (SSSR count). The lowest BCUT2D eigenvalue weighted by molar-refractivity contribution is -0.123. The summed E-state index contributed by atoms with van der Waals surface area (Å²) in [5.74, 6) is -0.154. The maximum absolute atomic E-state index is 12.7. The van der Waals surface area contributed by atoms with Crippen molar-refractivity contribution in [2.45, 2.75) is 13.0 Å². The number of rotatable bonds is 7. The van der Waals surface area contributed by atoms with Crippen molar-refractivity contribution >= 4 is 28.3 Å². The van der Waals surface area contributed by atoms with Crippen molar-refractivity contribution in [2.24, 2.45) is 0 Å². The van der Waals surface area contributed by atoms with Crippen LogP contribution in [0.2, 0.25) is 0 Å². The molecule has 0 bridgehead atoms. The maximum Gasteiger partial charge on any atom is 0.342 e.